The molecule has 2 rings (SSSR count). The van der Waals surface area contributed by atoms with Gasteiger partial charge in [-0.15, -0.1) is 0 Å². The van der Waals surface area contributed by atoms with Crippen LogP contribution in [0.25, 0.3) is 0 Å². The molecule has 0 spiro atoms. The summed E-state index contributed by atoms with van der Waals surface area (Å²) >= 11 is 0. The van der Waals surface area contributed by atoms with Gasteiger partial charge in [-0.1, -0.05) is 6.92 Å². The van der Waals surface area contributed by atoms with Crippen LogP contribution in [0.15, 0.2) is 12.4 Å². The molecule has 0 unspecified atom stereocenters. The summed E-state index contributed by atoms with van der Waals surface area (Å²) in [7, 11) is 0. The van der Waals surface area contributed by atoms with E-state index < -0.39 is 0 Å². The molecule has 0 atom stereocenters. The standard InChI is InChI=1S/C14H25N3O/c1-2-9-17-12-14(11-16-17)18-10-5-3-4-8-15-13-6-7-13/h11-13,15H,2-10H2,1H3. The Morgan fingerprint density at radius 1 is 1.39 bits per heavy atom. The fourth-order valence-corrected chi connectivity index (χ4v) is 1.96. The van der Waals surface area contributed by atoms with E-state index in [2.05, 4.69) is 17.3 Å². The molecule has 1 heterocycles. The molecule has 0 saturated heterocycles. The third-order valence-electron chi connectivity index (χ3n) is 3.16. The number of aromatic nitrogens is 2. The van der Waals surface area contributed by atoms with Gasteiger partial charge >= 0.3 is 0 Å². The Kier molecular flexibility index (Phi) is 5.52. The molecule has 0 bridgehead atoms. The fraction of sp³-hybridized carbons (Fsp3) is 0.786. The third-order valence-corrected chi connectivity index (χ3v) is 3.16. The van der Waals surface area contributed by atoms with E-state index in [1.165, 1.54) is 32.2 Å². The van der Waals surface area contributed by atoms with Crippen LogP contribution in [0.3, 0.4) is 0 Å². The van der Waals surface area contributed by atoms with Crippen molar-refractivity contribution in [1.82, 2.24) is 15.1 Å². The van der Waals surface area contributed by atoms with E-state index >= 15 is 0 Å². The Morgan fingerprint density at radius 3 is 3.06 bits per heavy atom. The predicted octanol–water partition coefficient (Wildman–Crippen LogP) is 2.59. The second-order valence-electron chi connectivity index (χ2n) is 5.08. The molecule has 1 aromatic heterocycles. The molecule has 1 aliphatic rings. The van der Waals surface area contributed by atoms with Crippen molar-refractivity contribution in [3.63, 3.8) is 0 Å². The minimum atomic E-state index is 0.807. The third kappa shape index (κ3) is 5.08. The highest BCUT2D eigenvalue weighted by atomic mass is 16.5. The number of hydrogen-bond acceptors (Lipinski definition) is 3. The number of hydrogen-bond donors (Lipinski definition) is 1. The molecular weight excluding hydrogens is 226 g/mol. The number of ether oxygens (including phenoxy) is 1. The summed E-state index contributed by atoms with van der Waals surface area (Å²) in [4.78, 5) is 0. The van der Waals surface area contributed by atoms with Gasteiger partial charge in [0.2, 0.25) is 0 Å². The summed E-state index contributed by atoms with van der Waals surface area (Å²) in [6.45, 7) is 5.09. The van der Waals surface area contributed by atoms with Gasteiger partial charge in [-0.05, 0) is 45.1 Å². The number of nitrogens with zero attached hydrogens (tertiary/aromatic N) is 2. The molecule has 0 amide bonds. The lowest BCUT2D eigenvalue weighted by molar-refractivity contribution is 0.304. The monoisotopic (exact) mass is 251 g/mol. The first-order valence-corrected chi connectivity index (χ1v) is 7.27. The zero-order valence-corrected chi connectivity index (χ0v) is 11.4. The molecule has 1 saturated carbocycles. The van der Waals surface area contributed by atoms with E-state index in [9.17, 15) is 0 Å². The normalized spacial score (nSPS) is 14.9. The highest BCUT2D eigenvalue weighted by Crippen LogP contribution is 2.18. The highest BCUT2D eigenvalue weighted by molar-refractivity contribution is 5.11. The van der Waals surface area contributed by atoms with Crippen molar-refractivity contribution in [2.75, 3.05) is 13.2 Å². The van der Waals surface area contributed by atoms with Crippen molar-refractivity contribution < 1.29 is 4.74 Å². The van der Waals surface area contributed by atoms with Crippen molar-refractivity contribution in [3.05, 3.63) is 12.4 Å². The summed E-state index contributed by atoms with van der Waals surface area (Å²) < 4.78 is 7.61. The van der Waals surface area contributed by atoms with Crippen LogP contribution in [-0.4, -0.2) is 29.0 Å². The summed E-state index contributed by atoms with van der Waals surface area (Å²) in [5, 5.41) is 7.77. The molecule has 1 aliphatic carbocycles. The Hall–Kier alpha value is -1.03. The molecule has 18 heavy (non-hydrogen) atoms. The maximum absolute atomic E-state index is 5.67. The van der Waals surface area contributed by atoms with Crippen LogP contribution in [0, 0.1) is 0 Å². The number of aryl methyl sites for hydroxylation is 1. The van der Waals surface area contributed by atoms with Crippen LogP contribution in [0.1, 0.15) is 45.4 Å². The highest BCUT2D eigenvalue weighted by Gasteiger charge is 2.19. The zero-order chi connectivity index (χ0) is 12.6. The minimum absolute atomic E-state index is 0.807. The summed E-state index contributed by atoms with van der Waals surface area (Å²) in [5.74, 6) is 0.902. The number of unbranched alkanes of at least 4 members (excludes halogenated alkanes) is 2. The molecule has 1 fully saturated rings. The topological polar surface area (TPSA) is 39.1 Å². The number of rotatable bonds is 10. The van der Waals surface area contributed by atoms with E-state index in [1.807, 2.05) is 17.1 Å². The Balaban J connectivity index is 1.46. The number of nitrogens with one attached hydrogen (secondary N) is 1. The largest absolute Gasteiger partial charge is 0.490 e. The smallest absolute Gasteiger partial charge is 0.157 e. The molecule has 1 aromatic rings. The van der Waals surface area contributed by atoms with Crippen LogP contribution >= 0.6 is 0 Å². The van der Waals surface area contributed by atoms with Crippen molar-refractivity contribution in [3.8, 4) is 5.75 Å². The molecule has 4 heteroatoms. The van der Waals surface area contributed by atoms with Crippen LogP contribution in [0.2, 0.25) is 0 Å². The minimum Gasteiger partial charge on any atom is -0.490 e. The molecule has 4 nitrogen and oxygen atoms in total. The van der Waals surface area contributed by atoms with Gasteiger partial charge in [0.25, 0.3) is 0 Å². The first-order valence-electron chi connectivity index (χ1n) is 7.27. The molecule has 0 aliphatic heterocycles. The first-order chi connectivity index (χ1) is 8.88. The quantitative estimate of drug-likeness (QED) is 0.650. The molecular formula is C14H25N3O. The van der Waals surface area contributed by atoms with Crippen LogP contribution < -0.4 is 10.1 Å². The lowest BCUT2D eigenvalue weighted by atomic mass is 10.2. The SMILES string of the molecule is CCCn1cc(OCCCCCNC2CC2)cn1. The van der Waals surface area contributed by atoms with Gasteiger partial charge in [0.05, 0.1) is 19.0 Å². The van der Waals surface area contributed by atoms with Gasteiger partial charge in [0, 0.05) is 12.6 Å². The maximum Gasteiger partial charge on any atom is 0.157 e. The van der Waals surface area contributed by atoms with Crippen LogP contribution in [0.4, 0.5) is 0 Å². The second kappa shape index (κ2) is 7.41. The molecule has 1 N–H and O–H groups in total. The van der Waals surface area contributed by atoms with Gasteiger partial charge in [0.1, 0.15) is 0 Å². The van der Waals surface area contributed by atoms with Crippen LogP contribution in [0.5, 0.6) is 5.75 Å². The first kappa shape index (κ1) is 13.4. The maximum atomic E-state index is 5.67. The van der Waals surface area contributed by atoms with Crippen LogP contribution in [-0.2, 0) is 6.54 Å². The Labute approximate surface area is 110 Å². The van der Waals surface area contributed by atoms with Crippen molar-refractivity contribution in [2.24, 2.45) is 0 Å². The van der Waals surface area contributed by atoms with E-state index in [1.54, 1.807) is 0 Å². The Bertz CT molecular complexity index is 334. The zero-order valence-electron chi connectivity index (χ0n) is 11.4. The van der Waals surface area contributed by atoms with Gasteiger partial charge in [-0.3, -0.25) is 4.68 Å². The predicted molar refractivity (Wildman–Crippen MR) is 72.9 cm³/mol. The summed E-state index contributed by atoms with van der Waals surface area (Å²) in [6.07, 6.45) is 11.3. The van der Waals surface area contributed by atoms with E-state index in [0.717, 1.165) is 37.8 Å². The van der Waals surface area contributed by atoms with Gasteiger partial charge < -0.3 is 10.1 Å². The van der Waals surface area contributed by atoms with Gasteiger partial charge in [-0.2, -0.15) is 5.10 Å². The average molecular weight is 251 g/mol. The van der Waals surface area contributed by atoms with Crippen molar-refractivity contribution >= 4 is 0 Å². The molecule has 0 aromatic carbocycles. The second-order valence-corrected chi connectivity index (χ2v) is 5.08. The van der Waals surface area contributed by atoms with Crippen molar-refractivity contribution in [2.45, 2.75) is 58.0 Å². The van der Waals surface area contributed by atoms with Crippen molar-refractivity contribution in [1.29, 1.82) is 0 Å². The van der Waals surface area contributed by atoms with E-state index in [4.69, 9.17) is 4.74 Å². The van der Waals surface area contributed by atoms with E-state index in [-0.39, 0.29) is 0 Å². The summed E-state index contributed by atoms with van der Waals surface area (Å²) in [5.41, 5.74) is 0. The average Bonchev–Trinajstić information content (AvgIpc) is 3.09. The fourth-order valence-electron chi connectivity index (χ4n) is 1.96. The molecule has 0 radical (unpaired) electrons. The Morgan fingerprint density at radius 2 is 2.28 bits per heavy atom. The molecule has 102 valence electrons. The van der Waals surface area contributed by atoms with Gasteiger partial charge in [0.15, 0.2) is 5.75 Å². The summed E-state index contributed by atoms with van der Waals surface area (Å²) in [6, 6.07) is 0.839. The lowest BCUT2D eigenvalue weighted by Crippen LogP contribution is -2.17. The van der Waals surface area contributed by atoms with Gasteiger partial charge in [-0.25, -0.2) is 0 Å². The lowest BCUT2D eigenvalue weighted by Gasteiger charge is -2.04. The van der Waals surface area contributed by atoms with E-state index in [0.29, 0.717) is 0 Å².